The van der Waals surface area contributed by atoms with E-state index in [1.165, 1.54) is 0 Å². The Hall–Kier alpha value is -0.680. The third-order valence-corrected chi connectivity index (χ3v) is 3.71. The Labute approximate surface area is 115 Å². The Morgan fingerprint density at radius 2 is 2.33 bits per heavy atom. The third-order valence-electron chi connectivity index (χ3n) is 2.74. The number of hydrogen-bond acceptors (Lipinski definition) is 4. The van der Waals surface area contributed by atoms with E-state index >= 15 is 0 Å². The van der Waals surface area contributed by atoms with Crippen LogP contribution >= 0.6 is 11.8 Å². The highest BCUT2D eigenvalue weighted by Gasteiger charge is 2.06. The van der Waals surface area contributed by atoms with Gasteiger partial charge in [-0.05, 0) is 26.5 Å². The SMILES string of the molecule is CCOCCCn1cc(C)nc1NCC(C)SC. The van der Waals surface area contributed by atoms with Crippen molar-refractivity contribution in [1.29, 1.82) is 0 Å². The van der Waals surface area contributed by atoms with E-state index in [4.69, 9.17) is 4.74 Å². The van der Waals surface area contributed by atoms with Crippen LogP contribution in [-0.4, -0.2) is 40.8 Å². The summed E-state index contributed by atoms with van der Waals surface area (Å²) in [6.07, 6.45) is 5.25. The van der Waals surface area contributed by atoms with Gasteiger partial charge in [-0.3, -0.25) is 0 Å². The Kier molecular flexibility index (Phi) is 7.20. The second-order valence-electron chi connectivity index (χ2n) is 4.38. The minimum absolute atomic E-state index is 0.596. The van der Waals surface area contributed by atoms with Crippen molar-refractivity contribution in [1.82, 2.24) is 9.55 Å². The number of aromatic nitrogens is 2. The molecule has 0 radical (unpaired) electrons. The molecule has 1 N–H and O–H groups in total. The maximum atomic E-state index is 5.36. The zero-order valence-electron chi connectivity index (χ0n) is 11.9. The third kappa shape index (κ3) is 5.31. The summed E-state index contributed by atoms with van der Waals surface area (Å²) in [5.41, 5.74) is 1.06. The van der Waals surface area contributed by atoms with Crippen molar-refractivity contribution in [3.63, 3.8) is 0 Å². The highest BCUT2D eigenvalue weighted by molar-refractivity contribution is 7.99. The number of thioether (sulfide) groups is 1. The van der Waals surface area contributed by atoms with Crippen LogP contribution in [0.5, 0.6) is 0 Å². The van der Waals surface area contributed by atoms with E-state index in [0.717, 1.165) is 44.4 Å². The fourth-order valence-electron chi connectivity index (χ4n) is 1.66. The zero-order chi connectivity index (χ0) is 13.4. The number of ether oxygens (including phenoxy) is 1. The first kappa shape index (κ1) is 15.4. The van der Waals surface area contributed by atoms with E-state index in [0.29, 0.717) is 5.25 Å². The molecule has 1 aromatic rings. The van der Waals surface area contributed by atoms with Crippen molar-refractivity contribution in [3.05, 3.63) is 11.9 Å². The van der Waals surface area contributed by atoms with Gasteiger partial charge in [0, 0.05) is 37.8 Å². The average Bonchev–Trinajstić information content (AvgIpc) is 2.72. The molecular formula is C13H25N3OS. The van der Waals surface area contributed by atoms with Gasteiger partial charge in [-0.25, -0.2) is 4.98 Å². The van der Waals surface area contributed by atoms with Gasteiger partial charge in [-0.1, -0.05) is 6.92 Å². The molecule has 1 rings (SSSR count). The van der Waals surface area contributed by atoms with E-state index < -0.39 is 0 Å². The van der Waals surface area contributed by atoms with Crippen LogP contribution < -0.4 is 5.32 Å². The largest absolute Gasteiger partial charge is 0.382 e. The van der Waals surface area contributed by atoms with Crippen molar-refractivity contribution < 1.29 is 4.74 Å². The standard InChI is InChI=1S/C13H25N3OS/c1-5-17-8-6-7-16-10-11(2)15-13(16)14-9-12(3)18-4/h10,12H,5-9H2,1-4H3,(H,14,15). The lowest BCUT2D eigenvalue weighted by atomic mass is 10.4. The van der Waals surface area contributed by atoms with Gasteiger partial charge < -0.3 is 14.6 Å². The summed E-state index contributed by atoms with van der Waals surface area (Å²) in [5.74, 6) is 0.977. The van der Waals surface area contributed by atoms with E-state index in [9.17, 15) is 0 Å². The molecule has 0 spiro atoms. The molecule has 0 aliphatic heterocycles. The topological polar surface area (TPSA) is 39.1 Å². The molecule has 0 aliphatic rings. The number of aryl methyl sites for hydroxylation is 2. The highest BCUT2D eigenvalue weighted by atomic mass is 32.2. The second kappa shape index (κ2) is 8.43. The summed E-state index contributed by atoms with van der Waals surface area (Å²) >= 11 is 1.86. The Balaban J connectivity index is 2.45. The molecule has 0 fully saturated rings. The van der Waals surface area contributed by atoms with Crippen LogP contribution in [0.25, 0.3) is 0 Å². The molecule has 1 unspecified atom stereocenters. The molecule has 0 aromatic carbocycles. The lowest BCUT2D eigenvalue weighted by Crippen LogP contribution is -2.16. The summed E-state index contributed by atoms with van der Waals surface area (Å²) < 4.78 is 7.54. The summed E-state index contributed by atoms with van der Waals surface area (Å²) in [6.45, 7) is 9.78. The molecule has 18 heavy (non-hydrogen) atoms. The number of hydrogen-bond donors (Lipinski definition) is 1. The van der Waals surface area contributed by atoms with Gasteiger partial charge in [-0.2, -0.15) is 11.8 Å². The predicted octanol–water partition coefficient (Wildman–Crippen LogP) is 2.78. The summed E-state index contributed by atoms with van der Waals surface area (Å²) in [7, 11) is 0. The number of nitrogens with zero attached hydrogens (tertiary/aromatic N) is 2. The summed E-state index contributed by atoms with van der Waals surface area (Å²) in [4.78, 5) is 4.52. The van der Waals surface area contributed by atoms with Crippen LogP contribution in [0.1, 0.15) is 26.0 Å². The minimum Gasteiger partial charge on any atom is -0.382 e. The minimum atomic E-state index is 0.596. The normalized spacial score (nSPS) is 12.7. The number of rotatable bonds is 9. The van der Waals surface area contributed by atoms with Crippen LogP contribution in [-0.2, 0) is 11.3 Å². The number of imidazole rings is 1. The number of anilines is 1. The molecule has 1 aromatic heterocycles. The van der Waals surface area contributed by atoms with Gasteiger partial charge in [0.25, 0.3) is 0 Å². The van der Waals surface area contributed by atoms with Gasteiger partial charge >= 0.3 is 0 Å². The van der Waals surface area contributed by atoms with Crippen molar-refractivity contribution in [2.75, 3.05) is 31.3 Å². The quantitative estimate of drug-likeness (QED) is 0.701. The van der Waals surface area contributed by atoms with Crippen molar-refractivity contribution >= 4 is 17.7 Å². The Morgan fingerprint density at radius 1 is 1.56 bits per heavy atom. The summed E-state index contributed by atoms with van der Waals surface area (Å²) in [6, 6.07) is 0. The molecule has 0 aliphatic carbocycles. The van der Waals surface area contributed by atoms with Crippen molar-refractivity contribution in [2.45, 2.75) is 39.0 Å². The molecular weight excluding hydrogens is 246 g/mol. The molecule has 0 bridgehead atoms. The monoisotopic (exact) mass is 271 g/mol. The molecule has 1 heterocycles. The maximum Gasteiger partial charge on any atom is 0.203 e. The Bertz CT molecular complexity index is 341. The molecule has 104 valence electrons. The van der Waals surface area contributed by atoms with Gasteiger partial charge in [0.05, 0.1) is 5.69 Å². The average molecular weight is 271 g/mol. The van der Waals surface area contributed by atoms with Gasteiger partial charge in [0.1, 0.15) is 0 Å². The lowest BCUT2D eigenvalue weighted by Gasteiger charge is -2.12. The zero-order valence-corrected chi connectivity index (χ0v) is 12.7. The van der Waals surface area contributed by atoms with Crippen LogP contribution in [0.2, 0.25) is 0 Å². The van der Waals surface area contributed by atoms with E-state index in [1.807, 2.05) is 25.6 Å². The maximum absolute atomic E-state index is 5.36. The Morgan fingerprint density at radius 3 is 3.00 bits per heavy atom. The second-order valence-corrected chi connectivity index (χ2v) is 5.65. The van der Waals surface area contributed by atoms with Gasteiger partial charge in [0.15, 0.2) is 0 Å². The molecule has 0 saturated carbocycles. The summed E-state index contributed by atoms with van der Waals surface area (Å²) in [5, 5.41) is 4.01. The lowest BCUT2D eigenvalue weighted by molar-refractivity contribution is 0.142. The van der Waals surface area contributed by atoms with Crippen LogP contribution in [0, 0.1) is 6.92 Å². The van der Waals surface area contributed by atoms with E-state index in [2.05, 4.69) is 34.2 Å². The molecule has 0 saturated heterocycles. The van der Waals surface area contributed by atoms with Crippen molar-refractivity contribution in [2.24, 2.45) is 0 Å². The molecule has 4 nitrogen and oxygen atoms in total. The smallest absolute Gasteiger partial charge is 0.203 e. The first-order valence-corrected chi connectivity index (χ1v) is 7.84. The fraction of sp³-hybridized carbons (Fsp3) is 0.769. The number of nitrogens with one attached hydrogen (secondary N) is 1. The highest BCUT2D eigenvalue weighted by Crippen LogP contribution is 2.11. The van der Waals surface area contributed by atoms with E-state index in [-0.39, 0.29) is 0 Å². The van der Waals surface area contributed by atoms with E-state index in [1.54, 1.807) is 0 Å². The van der Waals surface area contributed by atoms with Crippen LogP contribution in [0.4, 0.5) is 5.95 Å². The predicted molar refractivity (Wildman–Crippen MR) is 79.5 cm³/mol. The first-order chi connectivity index (χ1) is 8.67. The van der Waals surface area contributed by atoms with Crippen molar-refractivity contribution in [3.8, 4) is 0 Å². The molecule has 1 atom stereocenters. The molecule has 0 amide bonds. The van der Waals surface area contributed by atoms with Gasteiger partial charge in [0.2, 0.25) is 5.95 Å². The van der Waals surface area contributed by atoms with Crippen LogP contribution in [0.3, 0.4) is 0 Å². The fourth-order valence-corrected chi connectivity index (χ4v) is 1.91. The molecule has 5 heteroatoms. The van der Waals surface area contributed by atoms with Crippen LogP contribution in [0.15, 0.2) is 6.20 Å². The van der Waals surface area contributed by atoms with Gasteiger partial charge in [-0.15, -0.1) is 0 Å². The first-order valence-electron chi connectivity index (χ1n) is 6.55.